The van der Waals surface area contributed by atoms with Crippen molar-refractivity contribution in [1.29, 1.82) is 0 Å². The number of carbonyl (C=O) groups excluding carboxylic acids is 3. The lowest BCUT2D eigenvalue weighted by atomic mass is 10.0. The monoisotopic (exact) mass is 290 g/mol. The van der Waals surface area contributed by atoms with Crippen molar-refractivity contribution in [3.8, 4) is 0 Å². The normalized spacial score (nSPS) is 20.1. The number of ether oxygens (including phenoxy) is 1. The third-order valence-corrected chi connectivity index (χ3v) is 3.49. The van der Waals surface area contributed by atoms with Crippen molar-refractivity contribution < 1.29 is 19.1 Å². The van der Waals surface area contributed by atoms with E-state index < -0.39 is 24.0 Å². The predicted molar refractivity (Wildman–Crippen MR) is 75.1 cm³/mol. The first-order chi connectivity index (χ1) is 10.1. The second-order valence-corrected chi connectivity index (χ2v) is 4.83. The fourth-order valence-corrected chi connectivity index (χ4v) is 2.46. The van der Waals surface area contributed by atoms with Gasteiger partial charge in [0.05, 0.1) is 0 Å². The quantitative estimate of drug-likeness (QED) is 0.826. The lowest BCUT2D eigenvalue weighted by Gasteiger charge is -2.35. The number of carbonyl (C=O) groups is 3. The molecule has 0 radical (unpaired) electrons. The number of methoxy groups -OCH3 is 1. The molecule has 1 saturated heterocycles. The van der Waals surface area contributed by atoms with E-state index in [1.807, 2.05) is 6.07 Å². The lowest BCUT2D eigenvalue weighted by molar-refractivity contribution is -0.156. The van der Waals surface area contributed by atoms with E-state index in [1.54, 1.807) is 31.2 Å². The molecule has 6 heteroatoms. The first-order valence-electron chi connectivity index (χ1n) is 6.80. The van der Waals surface area contributed by atoms with E-state index in [0.717, 1.165) is 0 Å². The van der Waals surface area contributed by atoms with Gasteiger partial charge in [0.25, 0.3) is 5.91 Å². The number of nitrogens with zero attached hydrogens (tertiary/aromatic N) is 1. The van der Waals surface area contributed by atoms with Crippen LogP contribution in [0.3, 0.4) is 0 Å². The van der Waals surface area contributed by atoms with Crippen LogP contribution in [0.5, 0.6) is 0 Å². The Labute approximate surface area is 123 Å². The molecule has 2 atom stereocenters. The van der Waals surface area contributed by atoms with Gasteiger partial charge in [0, 0.05) is 7.11 Å². The van der Waals surface area contributed by atoms with Gasteiger partial charge < -0.3 is 9.64 Å². The zero-order valence-corrected chi connectivity index (χ0v) is 12.0. The standard InChI is InChI=1S/C15H18N2O4/c1-3-11-14(19)16-12(18)9-17(11)15(20)13(21-2)10-7-5-4-6-8-10/h4-8,11,13H,3,9H2,1-2H3,(H,16,18,19). The maximum atomic E-state index is 12.7. The van der Waals surface area contributed by atoms with Crippen LogP contribution in [-0.4, -0.2) is 42.3 Å². The smallest absolute Gasteiger partial charge is 0.257 e. The number of hydrogen-bond acceptors (Lipinski definition) is 4. The SMILES string of the molecule is CCC1C(=O)NC(=O)CN1C(=O)C(OC)c1ccccc1. The number of rotatable bonds is 4. The highest BCUT2D eigenvalue weighted by Gasteiger charge is 2.38. The second-order valence-electron chi connectivity index (χ2n) is 4.83. The van der Waals surface area contributed by atoms with Gasteiger partial charge in [-0.3, -0.25) is 19.7 Å². The summed E-state index contributed by atoms with van der Waals surface area (Å²) in [6.07, 6.45) is -0.380. The van der Waals surface area contributed by atoms with Crippen molar-refractivity contribution >= 4 is 17.7 Å². The van der Waals surface area contributed by atoms with E-state index in [-0.39, 0.29) is 12.5 Å². The van der Waals surface area contributed by atoms with E-state index in [0.29, 0.717) is 12.0 Å². The maximum Gasteiger partial charge on any atom is 0.257 e. The van der Waals surface area contributed by atoms with Crippen molar-refractivity contribution in [3.05, 3.63) is 35.9 Å². The van der Waals surface area contributed by atoms with Gasteiger partial charge in [0.1, 0.15) is 12.6 Å². The molecule has 1 aromatic rings. The summed E-state index contributed by atoms with van der Waals surface area (Å²) in [4.78, 5) is 37.3. The van der Waals surface area contributed by atoms with Crippen LogP contribution in [0.25, 0.3) is 0 Å². The summed E-state index contributed by atoms with van der Waals surface area (Å²) in [6.45, 7) is 1.67. The molecule has 1 aromatic carbocycles. The number of piperazine rings is 1. The molecule has 2 rings (SSSR count). The Morgan fingerprint density at radius 2 is 2.05 bits per heavy atom. The highest BCUT2D eigenvalue weighted by molar-refractivity contribution is 6.04. The Morgan fingerprint density at radius 1 is 1.38 bits per heavy atom. The summed E-state index contributed by atoms with van der Waals surface area (Å²) >= 11 is 0. The Kier molecular flexibility index (Phi) is 4.70. The number of imide groups is 1. The van der Waals surface area contributed by atoms with Crippen LogP contribution in [0.1, 0.15) is 25.0 Å². The zero-order valence-electron chi connectivity index (χ0n) is 12.0. The van der Waals surface area contributed by atoms with E-state index in [9.17, 15) is 14.4 Å². The van der Waals surface area contributed by atoms with Crippen molar-refractivity contribution in [3.63, 3.8) is 0 Å². The van der Waals surface area contributed by atoms with Crippen molar-refractivity contribution in [2.24, 2.45) is 0 Å². The molecule has 1 aliphatic rings. The highest BCUT2D eigenvalue weighted by Crippen LogP contribution is 2.22. The largest absolute Gasteiger partial charge is 0.367 e. The molecule has 6 nitrogen and oxygen atoms in total. The predicted octanol–water partition coefficient (Wildman–Crippen LogP) is 0.638. The molecule has 21 heavy (non-hydrogen) atoms. The maximum absolute atomic E-state index is 12.7. The van der Waals surface area contributed by atoms with Gasteiger partial charge in [0.2, 0.25) is 11.8 Å². The van der Waals surface area contributed by atoms with Crippen LogP contribution in [-0.2, 0) is 19.1 Å². The zero-order chi connectivity index (χ0) is 15.4. The van der Waals surface area contributed by atoms with Gasteiger partial charge in [-0.1, -0.05) is 37.3 Å². The molecule has 3 amide bonds. The van der Waals surface area contributed by atoms with Gasteiger partial charge in [-0.15, -0.1) is 0 Å². The second kappa shape index (κ2) is 6.49. The summed E-state index contributed by atoms with van der Waals surface area (Å²) in [5.41, 5.74) is 0.693. The van der Waals surface area contributed by atoms with Gasteiger partial charge in [-0.25, -0.2) is 0 Å². The van der Waals surface area contributed by atoms with E-state index in [2.05, 4.69) is 5.32 Å². The van der Waals surface area contributed by atoms with Crippen LogP contribution >= 0.6 is 0 Å². The summed E-state index contributed by atoms with van der Waals surface area (Å²) in [5.74, 6) is -1.29. The van der Waals surface area contributed by atoms with Crippen LogP contribution in [0.2, 0.25) is 0 Å². The lowest BCUT2D eigenvalue weighted by Crippen LogP contribution is -2.60. The van der Waals surface area contributed by atoms with Crippen molar-refractivity contribution in [2.75, 3.05) is 13.7 Å². The molecule has 0 aromatic heterocycles. The molecular formula is C15H18N2O4. The molecule has 1 fully saturated rings. The first-order valence-corrected chi connectivity index (χ1v) is 6.80. The van der Waals surface area contributed by atoms with E-state index >= 15 is 0 Å². The fraction of sp³-hybridized carbons (Fsp3) is 0.400. The fourth-order valence-electron chi connectivity index (χ4n) is 2.46. The molecule has 0 spiro atoms. The van der Waals surface area contributed by atoms with Crippen molar-refractivity contribution in [1.82, 2.24) is 10.2 Å². The first kappa shape index (κ1) is 15.2. The van der Waals surface area contributed by atoms with Crippen LogP contribution in [0, 0.1) is 0 Å². The Morgan fingerprint density at radius 3 is 2.62 bits per heavy atom. The minimum absolute atomic E-state index is 0.129. The average Bonchev–Trinajstić information content (AvgIpc) is 2.48. The number of benzene rings is 1. The number of hydrogen-bond donors (Lipinski definition) is 1. The number of amides is 3. The van der Waals surface area contributed by atoms with Gasteiger partial charge in [0.15, 0.2) is 6.10 Å². The topological polar surface area (TPSA) is 75.7 Å². The third kappa shape index (κ3) is 3.11. The molecule has 0 aliphatic carbocycles. The minimum atomic E-state index is -0.820. The highest BCUT2D eigenvalue weighted by atomic mass is 16.5. The van der Waals surface area contributed by atoms with Crippen LogP contribution in [0.15, 0.2) is 30.3 Å². The summed E-state index contributed by atoms with van der Waals surface area (Å²) in [7, 11) is 1.43. The Balaban J connectivity index is 2.27. The van der Waals surface area contributed by atoms with E-state index in [4.69, 9.17) is 4.74 Å². The van der Waals surface area contributed by atoms with Crippen molar-refractivity contribution in [2.45, 2.75) is 25.5 Å². The molecular weight excluding hydrogens is 272 g/mol. The van der Waals surface area contributed by atoms with E-state index in [1.165, 1.54) is 12.0 Å². The average molecular weight is 290 g/mol. The molecule has 112 valence electrons. The number of nitrogens with one attached hydrogen (secondary N) is 1. The summed E-state index contributed by atoms with van der Waals surface area (Å²) in [6, 6.07) is 8.36. The van der Waals surface area contributed by atoms with Crippen LogP contribution in [0.4, 0.5) is 0 Å². The summed E-state index contributed by atoms with van der Waals surface area (Å²) in [5, 5.41) is 2.25. The van der Waals surface area contributed by atoms with Gasteiger partial charge in [-0.2, -0.15) is 0 Å². The summed E-state index contributed by atoms with van der Waals surface area (Å²) < 4.78 is 5.28. The van der Waals surface area contributed by atoms with Gasteiger partial charge >= 0.3 is 0 Å². The third-order valence-electron chi connectivity index (χ3n) is 3.49. The molecule has 1 N–H and O–H groups in total. The Hall–Kier alpha value is -2.21. The molecule has 0 saturated carbocycles. The molecule has 1 aliphatic heterocycles. The molecule has 1 heterocycles. The molecule has 2 unspecified atom stereocenters. The minimum Gasteiger partial charge on any atom is -0.367 e. The van der Waals surface area contributed by atoms with Crippen LogP contribution < -0.4 is 5.32 Å². The molecule has 0 bridgehead atoms. The Bertz CT molecular complexity index is 544. The van der Waals surface area contributed by atoms with Gasteiger partial charge in [-0.05, 0) is 12.0 Å².